The van der Waals surface area contributed by atoms with E-state index in [1.54, 1.807) is 0 Å². The van der Waals surface area contributed by atoms with E-state index < -0.39 is 0 Å². The van der Waals surface area contributed by atoms with Crippen molar-refractivity contribution >= 4 is 5.91 Å². The first-order valence-corrected chi connectivity index (χ1v) is 8.72. The minimum absolute atomic E-state index is 0.149. The van der Waals surface area contributed by atoms with Crippen LogP contribution in [0.25, 0.3) is 0 Å². The maximum Gasteiger partial charge on any atom is 0.236 e. The number of aliphatic hydroxyl groups is 1. The van der Waals surface area contributed by atoms with Crippen molar-refractivity contribution in [2.45, 2.75) is 58.4 Å². The number of aliphatic hydroxyl groups excluding tert-OH is 1. The summed E-state index contributed by atoms with van der Waals surface area (Å²) in [5, 5.41) is 9.31. The van der Waals surface area contributed by atoms with Crippen molar-refractivity contribution in [3.05, 3.63) is 0 Å². The lowest BCUT2D eigenvalue weighted by atomic mass is 9.91. The van der Waals surface area contributed by atoms with Gasteiger partial charge in [-0.2, -0.15) is 0 Å². The molecule has 2 unspecified atom stereocenters. The van der Waals surface area contributed by atoms with Gasteiger partial charge >= 0.3 is 0 Å². The predicted octanol–water partition coefficient (Wildman–Crippen LogP) is 2.12. The van der Waals surface area contributed by atoms with Crippen molar-refractivity contribution in [3.8, 4) is 0 Å². The highest BCUT2D eigenvalue weighted by atomic mass is 16.3. The molecule has 4 nitrogen and oxygen atoms in total. The predicted molar refractivity (Wildman–Crippen MR) is 85.1 cm³/mol. The maximum absolute atomic E-state index is 12.6. The van der Waals surface area contributed by atoms with E-state index in [4.69, 9.17) is 0 Å². The molecule has 2 atom stereocenters. The summed E-state index contributed by atoms with van der Waals surface area (Å²) < 4.78 is 0. The van der Waals surface area contributed by atoms with E-state index in [0.29, 0.717) is 31.0 Å². The highest BCUT2D eigenvalue weighted by molar-refractivity contribution is 5.78. The third kappa shape index (κ3) is 4.96. The fraction of sp³-hybridized carbons (Fsp3) is 0.941. The summed E-state index contributed by atoms with van der Waals surface area (Å²) in [7, 11) is 0. The molecule has 21 heavy (non-hydrogen) atoms. The third-order valence-electron chi connectivity index (χ3n) is 5.04. The number of carbonyl (C=O) groups excluding carboxylic acids is 1. The summed E-state index contributed by atoms with van der Waals surface area (Å²) in [4.78, 5) is 16.9. The molecule has 0 aromatic rings. The summed E-state index contributed by atoms with van der Waals surface area (Å²) in [6.45, 7) is 7.56. The number of nitrogens with zero attached hydrogens (tertiary/aromatic N) is 2. The smallest absolute Gasteiger partial charge is 0.236 e. The van der Waals surface area contributed by atoms with Crippen molar-refractivity contribution in [2.24, 2.45) is 11.8 Å². The van der Waals surface area contributed by atoms with Crippen LogP contribution in [0.5, 0.6) is 0 Å². The Morgan fingerprint density at radius 3 is 2.33 bits per heavy atom. The fourth-order valence-electron chi connectivity index (χ4n) is 4.11. The van der Waals surface area contributed by atoms with E-state index in [2.05, 4.69) is 18.7 Å². The van der Waals surface area contributed by atoms with Crippen LogP contribution in [0.2, 0.25) is 0 Å². The number of likely N-dealkylation sites (tertiary alicyclic amines) is 1. The molecule has 2 aliphatic rings. The zero-order chi connectivity index (χ0) is 15.2. The average Bonchev–Trinajstić information content (AvgIpc) is 2.46. The van der Waals surface area contributed by atoms with Crippen LogP contribution in [0, 0.1) is 11.8 Å². The zero-order valence-corrected chi connectivity index (χ0v) is 13.8. The normalized spacial score (nSPS) is 28.1. The fourth-order valence-corrected chi connectivity index (χ4v) is 4.11. The van der Waals surface area contributed by atoms with Crippen LogP contribution < -0.4 is 0 Å². The number of carbonyl (C=O) groups is 1. The van der Waals surface area contributed by atoms with Gasteiger partial charge in [0, 0.05) is 25.7 Å². The lowest BCUT2D eigenvalue weighted by Crippen LogP contribution is -2.49. The van der Waals surface area contributed by atoms with Crippen molar-refractivity contribution in [1.82, 2.24) is 9.80 Å². The zero-order valence-electron chi connectivity index (χ0n) is 13.8. The molecule has 1 aliphatic heterocycles. The summed E-state index contributed by atoms with van der Waals surface area (Å²) in [6, 6.07) is 0.495. The molecule has 1 saturated heterocycles. The first-order chi connectivity index (χ1) is 10.1. The van der Waals surface area contributed by atoms with Crippen LogP contribution in [-0.4, -0.2) is 59.6 Å². The van der Waals surface area contributed by atoms with Gasteiger partial charge in [0.15, 0.2) is 0 Å². The van der Waals surface area contributed by atoms with Gasteiger partial charge in [-0.1, -0.05) is 33.1 Å². The Hall–Kier alpha value is -0.610. The van der Waals surface area contributed by atoms with Gasteiger partial charge in [-0.25, -0.2) is 0 Å². The number of piperidine rings is 1. The molecular formula is C17H32N2O2. The van der Waals surface area contributed by atoms with Crippen molar-refractivity contribution in [2.75, 3.05) is 32.8 Å². The second kappa shape index (κ2) is 8.14. The van der Waals surface area contributed by atoms with Gasteiger partial charge in [0.05, 0.1) is 13.2 Å². The number of hydrogen-bond donors (Lipinski definition) is 1. The number of hydrogen-bond acceptors (Lipinski definition) is 3. The lowest BCUT2D eigenvalue weighted by Gasteiger charge is -2.38. The Morgan fingerprint density at radius 2 is 1.76 bits per heavy atom. The molecule has 1 aliphatic carbocycles. The monoisotopic (exact) mass is 296 g/mol. The Morgan fingerprint density at radius 1 is 1.14 bits per heavy atom. The molecule has 122 valence electrons. The van der Waals surface area contributed by atoms with Gasteiger partial charge in [0.1, 0.15) is 0 Å². The Bertz CT molecular complexity index is 319. The second-order valence-corrected chi connectivity index (χ2v) is 7.23. The molecule has 1 N–H and O–H groups in total. The molecule has 1 saturated carbocycles. The van der Waals surface area contributed by atoms with Gasteiger partial charge in [-0.15, -0.1) is 0 Å². The standard InChI is InChI=1S/C17H32N2O2/c1-14-10-15(2)12-19(11-14)17(21)13-18(8-9-20)16-6-4-3-5-7-16/h14-16,20H,3-13H2,1-2H3. The summed E-state index contributed by atoms with van der Waals surface area (Å²) >= 11 is 0. The second-order valence-electron chi connectivity index (χ2n) is 7.23. The van der Waals surface area contributed by atoms with Gasteiger partial charge in [0.2, 0.25) is 5.91 Å². The minimum atomic E-state index is 0.149. The maximum atomic E-state index is 12.6. The highest BCUT2D eigenvalue weighted by Crippen LogP contribution is 2.24. The van der Waals surface area contributed by atoms with Crippen LogP contribution >= 0.6 is 0 Å². The van der Waals surface area contributed by atoms with E-state index in [1.807, 2.05) is 4.90 Å². The van der Waals surface area contributed by atoms with E-state index in [0.717, 1.165) is 13.1 Å². The molecule has 2 rings (SSSR count). The first kappa shape index (κ1) is 16.8. The molecule has 1 heterocycles. The molecule has 0 spiro atoms. The molecule has 0 aromatic heterocycles. The summed E-state index contributed by atoms with van der Waals surface area (Å²) in [5.41, 5.74) is 0. The first-order valence-electron chi connectivity index (χ1n) is 8.72. The van der Waals surface area contributed by atoms with E-state index in [9.17, 15) is 9.90 Å². The summed E-state index contributed by atoms with van der Waals surface area (Å²) in [6.07, 6.45) is 7.43. The number of amides is 1. The quantitative estimate of drug-likeness (QED) is 0.845. The van der Waals surface area contributed by atoms with Crippen LogP contribution in [-0.2, 0) is 4.79 Å². The van der Waals surface area contributed by atoms with Crippen LogP contribution in [0.15, 0.2) is 0 Å². The van der Waals surface area contributed by atoms with Crippen molar-refractivity contribution in [1.29, 1.82) is 0 Å². The van der Waals surface area contributed by atoms with Crippen molar-refractivity contribution in [3.63, 3.8) is 0 Å². The largest absolute Gasteiger partial charge is 0.395 e. The van der Waals surface area contributed by atoms with Gasteiger partial charge in [-0.3, -0.25) is 9.69 Å². The van der Waals surface area contributed by atoms with E-state index in [-0.39, 0.29) is 12.5 Å². The molecule has 1 amide bonds. The molecule has 4 heteroatoms. The Kier molecular flexibility index (Phi) is 6.49. The van der Waals surface area contributed by atoms with Crippen LogP contribution in [0.1, 0.15) is 52.4 Å². The SMILES string of the molecule is CC1CC(C)CN(C(=O)CN(CCO)C2CCCCC2)C1. The highest BCUT2D eigenvalue weighted by Gasteiger charge is 2.28. The number of rotatable bonds is 5. The lowest BCUT2D eigenvalue weighted by molar-refractivity contribution is -0.136. The molecular weight excluding hydrogens is 264 g/mol. The van der Waals surface area contributed by atoms with E-state index in [1.165, 1.54) is 38.5 Å². The van der Waals surface area contributed by atoms with Gasteiger partial charge in [-0.05, 0) is 31.1 Å². The van der Waals surface area contributed by atoms with Crippen molar-refractivity contribution < 1.29 is 9.90 Å². The van der Waals surface area contributed by atoms with Crippen LogP contribution in [0.3, 0.4) is 0 Å². The Balaban J connectivity index is 1.90. The molecule has 0 radical (unpaired) electrons. The molecule has 0 aromatic carbocycles. The average molecular weight is 296 g/mol. The summed E-state index contributed by atoms with van der Waals surface area (Å²) in [5.74, 6) is 1.48. The third-order valence-corrected chi connectivity index (χ3v) is 5.04. The molecule has 2 fully saturated rings. The minimum Gasteiger partial charge on any atom is -0.395 e. The van der Waals surface area contributed by atoms with Crippen LogP contribution in [0.4, 0.5) is 0 Å². The van der Waals surface area contributed by atoms with Gasteiger partial charge < -0.3 is 10.0 Å². The molecule has 0 bridgehead atoms. The van der Waals surface area contributed by atoms with E-state index >= 15 is 0 Å². The topological polar surface area (TPSA) is 43.8 Å². The van der Waals surface area contributed by atoms with Gasteiger partial charge in [0.25, 0.3) is 0 Å². The Labute approximate surface area is 129 Å².